The molecular formula is C15H19NO3. The Morgan fingerprint density at radius 2 is 2.21 bits per heavy atom. The minimum atomic E-state index is -0.472. The monoisotopic (exact) mass is 261 g/mol. The highest BCUT2D eigenvalue weighted by Crippen LogP contribution is 2.14. The number of ether oxygens (including phenoxy) is 1. The van der Waals surface area contributed by atoms with Crippen LogP contribution >= 0.6 is 0 Å². The molecule has 102 valence electrons. The van der Waals surface area contributed by atoms with E-state index in [9.17, 15) is 4.79 Å². The maximum Gasteiger partial charge on any atom is 0.249 e. The summed E-state index contributed by atoms with van der Waals surface area (Å²) < 4.78 is 4.96. The van der Waals surface area contributed by atoms with Crippen LogP contribution in [0.25, 0.3) is 0 Å². The summed E-state index contributed by atoms with van der Waals surface area (Å²) in [6.07, 6.45) is -0.472. The molecule has 0 heterocycles. The SMILES string of the molecule is COC(C)C(=O)NC(C)c1cccc(C#CCO)c1. The van der Waals surface area contributed by atoms with E-state index >= 15 is 0 Å². The Bertz CT molecular complexity index is 488. The minimum Gasteiger partial charge on any atom is -0.384 e. The van der Waals surface area contributed by atoms with Gasteiger partial charge < -0.3 is 15.2 Å². The summed E-state index contributed by atoms with van der Waals surface area (Å²) in [6, 6.07) is 7.43. The maximum absolute atomic E-state index is 11.7. The fourth-order valence-corrected chi connectivity index (χ4v) is 1.55. The number of amides is 1. The highest BCUT2D eigenvalue weighted by molar-refractivity contribution is 5.80. The summed E-state index contributed by atoms with van der Waals surface area (Å²) in [7, 11) is 1.50. The lowest BCUT2D eigenvalue weighted by Gasteiger charge is -2.17. The molecule has 0 spiro atoms. The van der Waals surface area contributed by atoms with Gasteiger partial charge in [-0.05, 0) is 31.5 Å². The molecule has 0 aromatic heterocycles. The number of carbonyl (C=O) groups excluding carboxylic acids is 1. The van der Waals surface area contributed by atoms with Crippen molar-refractivity contribution in [2.45, 2.75) is 26.0 Å². The summed E-state index contributed by atoms with van der Waals surface area (Å²) in [5, 5.41) is 11.5. The average Bonchev–Trinajstić information content (AvgIpc) is 2.44. The van der Waals surface area contributed by atoms with Gasteiger partial charge in [-0.25, -0.2) is 0 Å². The van der Waals surface area contributed by atoms with Crippen LogP contribution in [0.4, 0.5) is 0 Å². The average molecular weight is 261 g/mol. The second kappa shape index (κ2) is 7.57. The molecule has 1 aromatic carbocycles. The summed E-state index contributed by atoms with van der Waals surface area (Å²) in [5.74, 6) is 5.29. The van der Waals surface area contributed by atoms with Gasteiger partial charge in [-0.2, -0.15) is 0 Å². The Hall–Kier alpha value is -1.83. The predicted molar refractivity (Wildman–Crippen MR) is 73.4 cm³/mol. The van der Waals surface area contributed by atoms with Crippen LogP contribution in [0, 0.1) is 11.8 Å². The number of rotatable bonds is 4. The lowest BCUT2D eigenvalue weighted by atomic mass is 10.1. The Morgan fingerprint density at radius 1 is 1.47 bits per heavy atom. The molecule has 0 radical (unpaired) electrons. The van der Waals surface area contributed by atoms with Gasteiger partial charge in [0.15, 0.2) is 0 Å². The molecule has 0 aliphatic rings. The third kappa shape index (κ3) is 4.74. The van der Waals surface area contributed by atoms with Crippen LogP contribution in [0.3, 0.4) is 0 Å². The van der Waals surface area contributed by atoms with E-state index in [0.29, 0.717) is 0 Å². The van der Waals surface area contributed by atoms with Crippen molar-refractivity contribution in [1.82, 2.24) is 5.32 Å². The van der Waals surface area contributed by atoms with Gasteiger partial charge in [-0.1, -0.05) is 24.0 Å². The molecule has 2 atom stereocenters. The van der Waals surface area contributed by atoms with E-state index in [1.807, 2.05) is 31.2 Å². The van der Waals surface area contributed by atoms with Crippen molar-refractivity contribution < 1.29 is 14.6 Å². The largest absolute Gasteiger partial charge is 0.384 e. The zero-order valence-electron chi connectivity index (χ0n) is 11.4. The number of nitrogens with one attached hydrogen (secondary N) is 1. The first-order chi connectivity index (χ1) is 9.08. The van der Waals surface area contributed by atoms with Crippen LogP contribution in [0.15, 0.2) is 24.3 Å². The van der Waals surface area contributed by atoms with Gasteiger partial charge in [0.2, 0.25) is 5.91 Å². The van der Waals surface area contributed by atoms with Crippen molar-refractivity contribution in [3.05, 3.63) is 35.4 Å². The number of hydrogen-bond donors (Lipinski definition) is 2. The van der Waals surface area contributed by atoms with Crippen LogP contribution in [0.5, 0.6) is 0 Å². The number of methoxy groups -OCH3 is 1. The van der Waals surface area contributed by atoms with Gasteiger partial charge in [0.1, 0.15) is 12.7 Å². The molecule has 0 saturated heterocycles. The van der Waals surface area contributed by atoms with Gasteiger partial charge in [-0.15, -0.1) is 0 Å². The molecule has 19 heavy (non-hydrogen) atoms. The first kappa shape index (κ1) is 15.2. The fourth-order valence-electron chi connectivity index (χ4n) is 1.55. The number of aliphatic hydroxyl groups excluding tert-OH is 1. The Kier molecular flexibility index (Phi) is 6.07. The zero-order valence-corrected chi connectivity index (χ0v) is 11.4. The van der Waals surface area contributed by atoms with Crippen molar-refractivity contribution in [3.63, 3.8) is 0 Å². The van der Waals surface area contributed by atoms with Crippen molar-refractivity contribution in [3.8, 4) is 11.8 Å². The third-order valence-corrected chi connectivity index (χ3v) is 2.78. The van der Waals surface area contributed by atoms with Crippen molar-refractivity contribution in [2.75, 3.05) is 13.7 Å². The van der Waals surface area contributed by atoms with Crippen molar-refractivity contribution >= 4 is 5.91 Å². The Labute approximate surface area is 113 Å². The maximum atomic E-state index is 11.7. The highest BCUT2D eigenvalue weighted by Gasteiger charge is 2.15. The summed E-state index contributed by atoms with van der Waals surface area (Å²) in [6.45, 7) is 3.44. The van der Waals surface area contributed by atoms with Gasteiger partial charge >= 0.3 is 0 Å². The predicted octanol–water partition coefficient (Wildman–Crippen LogP) is 1.24. The Balaban J connectivity index is 2.77. The first-order valence-corrected chi connectivity index (χ1v) is 6.11. The fraction of sp³-hybridized carbons (Fsp3) is 0.400. The van der Waals surface area contributed by atoms with E-state index < -0.39 is 6.10 Å². The van der Waals surface area contributed by atoms with E-state index in [1.165, 1.54) is 7.11 Å². The molecule has 1 amide bonds. The first-order valence-electron chi connectivity index (χ1n) is 6.11. The molecular weight excluding hydrogens is 242 g/mol. The molecule has 2 N–H and O–H groups in total. The molecule has 0 bridgehead atoms. The second-order valence-corrected chi connectivity index (χ2v) is 4.19. The van der Waals surface area contributed by atoms with Crippen LogP contribution in [0.1, 0.15) is 31.0 Å². The molecule has 1 rings (SSSR count). The van der Waals surface area contributed by atoms with E-state index in [-0.39, 0.29) is 18.6 Å². The lowest BCUT2D eigenvalue weighted by Crippen LogP contribution is -2.35. The molecule has 4 nitrogen and oxygen atoms in total. The standard InChI is InChI=1S/C15H19NO3/c1-11(16-15(18)12(2)19-3)14-8-4-6-13(10-14)7-5-9-17/h4,6,8,10-12,17H,9H2,1-3H3,(H,16,18). The minimum absolute atomic E-state index is 0.124. The highest BCUT2D eigenvalue weighted by atomic mass is 16.5. The number of aliphatic hydroxyl groups is 1. The lowest BCUT2D eigenvalue weighted by molar-refractivity contribution is -0.130. The van der Waals surface area contributed by atoms with Gasteiger partial charge in [0.05, 0.1) is 6.04 Å². The van der Waals surface area contributed by atoms with Gasteiger partial charge in [-0.3, -0.25) is 4.79 Å². The van der Waals surface area contributed by atoms with E-state index in [1.54, 1.807) is 6.92 Å². The summed E-state index contributed by atoms with van der Waals surface area (Å²) >= 11 is 0. The third-order valence-electron chi connectivity index (χ3n) is 2.78. The molecule has 4 heteroatoms. The molecule has 1 aromatic rings. The topological polar surface area (TPSA) is 58.6 Å². The van der Waals surface area contributed by atoms with E-state index in [2.05, 4.69) is 17.2 Å². The van der Waals surface area contributed by atoms with E-state index in [0.717, 1.165) is 11.1 Å². The van der Waals surface area contributed by atoms with Gasteiger partial charge in [0.25, 0.3) is 0 Å². The van der Waals surface area contributed by atoms with E-state index in [4.69, 9.17) is 9.84 Å². The summed E-state index contributed by atoms with van der Waals surface area (Å²) in [5.41, 5.74) is 1.77. The number of benzene rings is 1. The molecule has 2 unspecified atom stereocenters. The smallest absolute Gasteiger partial charge is 0.249 e. The van der Waals surface area contributed by atoms with Crippen molar-refractivity contribution in [1.29, 1.82) is 0 Å². The number of carbonyl (C=O) groups is 1. The molecule has 0 aliphatic heterocycles. The normalized spacial score (nSPS) is 13.1. The van der Waals surface area contributed by atoms with Crippen LogP contribution in [0.2, 0.25) is 0 Å². The van der Waals surface area contributed by atoms with Crippen LogP contribution in [-0.2, 0) is 9.53 Å². The zero-order chi connectivity index (χ0) is 14.3. The van der Waals surface area contributed by atoms with Crippen molar-refractivity contribution in [2.24, 2.45) is 0 Å². The Morgan fingerprint density at radius 3 is 2.84 bits per heavy atom. The quantitative estimate of drug-likeness (QED) is 0.802. The van der Waals surface area contributed by atoms with Crippen LogP contribution in [-0.4, -0.2) is 30.8 Å². The summed E-state index contributed by atoms with van der Waals surface area (Å²) in [4.78, 5) is 11.7. The molecule has 0 aliphatic carbocycles. The molecule has 0 fully saturated rings. The second-order valence-electron chi connectivity index (χ2n) is 4.19. The van der Waals surface area contributed by atoms with Gasteiger partial charge in [0, 0.05) is 12.7 Å². The number of hydrogen-bond acceptors (Lipinski definition) is 3. The van der Waals surface area contributed by atoms with Crippen LogP contribution < -0.4 is 5.32 Å². The molecule has 0 saturated carbocycles.